The van der Waals surface area contributed by atoms with Crippen molar-refractivity contribution in [3.05, 3.63) is 52.6 Å². The molecule has 2 N–H and O–H groups in total. The van der Waals surface area contributed by atoms with E-state index in [2.05, 4.69) is 11.9 Å². The predicted octanol–water partition coefficient (Wildman–Crippen LogP) is 6.31. The molecule has 2 aliphatic heterocycles. The van der Waals surface area contributed by atoms with E-state index < -0.39 is 50.4 Å². The fraction of sp³-hybridized carbons (Fsp3) is 0.621. The number of halogens is 2. The molecule has 2 aromatic rings. The molecule has 2 aliphatic rings. The molecule has 238 valence electrons. The van der Waals surface area contributed by atoms with E-state index in [1.165, 1.54) is 32.1 Å². The zero-order chi connectivity index (χ0) is 30.9. The van der Waals surface area contributed by atoms with Crippen LogP contribution in [0.5, 0.6) is 5.75 Å². The van der Waals surface area contributed by atoms with Crippen molar-refractivity contribution in [2.45, 2.75) is 109 Å². The molecule has 3 heterocycles. The van der Waals surface area contributed by atoms with E-state index in [4.69, 9.17) is 28.8 Å². The Morgan fingerprint density at radius 2 is 1.77 bits per heavy atom. The molecule has 0 aliphatic carbocycles. The number of rotatable bonds is 16. The Hall–Kier alpha value is -2.86. The first-order valence-electron chi connectivity index (χ1n) is 14.9. The molecule has 43 heavy (non-hydrogen) atoms. The third kappa shape index (κ3) is 8.84. The molecule has 0 spiro atoms. The average molecular weight is 628 g/mol. The Balaban J connectivity index is 1.37. The van der Waals surface area contributed by atoms with Gasteiger partial charge in [-0.25, -0.2) is 9.36 Å². The molecule has 0 amide bonds. The van der Waals surface area contributed by atoms with E-state index in [0.717, 1.165) is 37.9 Å². The first kappa shape index (κ1) is 33.0. The van der Waals surface area contributed by atoms with Gasteiger partial charge in [-0.1, -0.05) is 82.9 Å². The van der Waals surface area contributed by atoms with Crippen LogP contribution in [-0.2, 0) is 34.5 Å². The summed E-state index contributed by atoms with van der Waals surface area (Å²) in [5.41, 5.74) is 5.06. The van der Waals surface area contributed by atoms with Crippen molar-refractivity contribution in [2.24, 2.45) is 0 Å². The molecule has 0 saturated carbocycles. The van der Waals surface area contributed by atoms with Gasteiger partial charge in [-0.05, 0) is 18.6 Å². The van der Waals surface area contributed by atoms with Crippen LogP contribution in [0.2, 0.25) is 0 Å². The maximum atomic E-state index is 15.7. The minimum Gasteiger partial charge on any atom is -0.453 e. The summed E-state index contributed by atoms with van der Waals surface area (Å²) in [5.74, 6) is -4.61. The molecule has 1 saturated heterocycles. The fourth-order valence-electron chi connectivity index (χ4n) is 5.05. The number of aromatic nitrogens is 2. The number of ether oxygens (including phenoxy) is 2. The summed E-state index contributed by atoms with van der Waals surface area (Å²) in [7, 11) is -4.21. The van der Waals surface area contributed by atoms with Gasteiger partial charge in [0, 0.05) is 18.2 Å². The van der Waals surface area contributed by atoms with Crippen molar-refractivity contribution in [2.75, 3.05) is 12.3 Å². The summed E-state index contributed by atoms with van der Waals surface area (Å²) >= 11 is 0. The third-order valence-electron chi connectivity index (χ3n) is 7.40. The highest BCUT2D eigenvalue weighted by Gasteiger charge is 2.63. The summed E-state index contributed by atoms with van der Waals surface area (Å²) in [4.78, 5) is 28.5. The van der Waals surface area contributed by atoms with E-state index in [9.17, 15) is 14.2 Å². The number of alkyl halides is 2. The second kappa shape index (κ2) is 15.2. The summed E-state index contributed by atoms with van der Waals surface area (Å²) in [6, 6.07) is 7.87. The number of unbranched alkanes of at least 4 members (excludes halogenated alkanes) is 9. The highest BCUT2D eigenvalue weighted by atomic mass is 31.2. The summed E-state index contributed by atoms with van der Waals surface area (Å²) in [5, 5.41) is 0. The number of nitrogen functional groups attached to an aromatic ring is 1. The lowest BCUT2D eigenvalue weighted by atomic mass is 10.1. The van der Waals surface area contributed by atoms with Crippen molar-refractivity contribution >= 4 is 19.6 Å². The van der Waals surface area contributed by atoms with Gasteiger partial charge >= 0.3 is 25.4 Å². The van der Waals surface area contributed by atoms with Gasteiger partial charge < -0.3 is 19.7 Å². The molecule has 1 aromatic carbocycles. The minimum absolute atomic E-state index is 0.0633. The van der Waals surface area contributed by atoms with Gasteiger partial charge in [-0.2, -0.15) is 13.8 Å². The number of phosphoric acid groups is 1. The maximum Gasteiger partial charge on any atom is 0.530 e. The van der Waals surface area contributed by atoms with Crippen LogP contribution in [0.4, 0.5) is 14.6 Å². The zero-order valence-corrected chi connectivity index (χ0v) is 25.2. The van der Waals surface area contributed by atoms with E-state index >= 15 is 8.78 Å². The number of esters is 1. The van der Waals surface area contributed by atoms with Crippen LogP contribution in [0.25, 0.3) is 0 Å². The van der Waals surface area contributed by atoms with Crippen LogP contribution >= 0.6 is 7.82 Å². The smallest absolute Gasteiger partial charge is 0.453 e. The predicted molar refractivity (Wildman–Crippen MR) is 154 cm³/mol. The van der Waals surface area contributed by atoms with Gasteiger partial charge in [0.05, 0.1) is 13.2 Å². The number of carbonyl (C=O) groups excluding carboxylic acids is 1. The van der Waals surface area contributed by atoms with Gasteiger partial charge in [-0.15, -0.1) is 0 Å². The van der Waals surface area contributed by atoms with E-state index in [0.29, 0.717) is 16.6 Å². The molecule has 1 unspecified atom stereocenters. The second-order valence-electron chi connectivity index (χ2n) is 10.8. The zero-order valence-electron chi connectivity index (χ0n) is 24.3. The number of benzene rings is 1. The summed E-state index contributed by atoms with van der Waals surface area (Å²) in [6.45, 7) is 1.36. The Morgan fingerprint density at radius 1 is 1.09 bits per heavy atom. The van der Waals surface area contributed by atoms with Crippen LogP contribution in [0.3, 0.4) is 0 Å². The summed E-state index contributed by atoms with van der Waals surface area (Å²) < 4.78 is 71.9. The monoisotopic (exact) mass is 627 g/mol. The number of para-hydroxylation sites is 1. The molecule has 0 bridgehead atoms. The number of carbonyl (C=O) groups is 1. The molecule has 1 aromatic heterocycles. The van der Waals surface area contributed by atoms with E-state index in [1.807, 2.05) is 0 Å². The Bertz CT molecular complexity index is 1330. The first-order chi connectivity index (χ1) is 20.6. The van der Waals surface area contributed by atoms with Crippen LogP contribution in [0.1, 0.15) is 89.3 Å². The van der Waals surface area contributed by atoms with E-state index in [1.54, 1.807) is 24.3 Å². The minimum atomic E-state index is -4.21. The lowest BCUT2D eigenvalue weighted by molar-refractivity contribution is -0.176. The molecule has 14 heteroatoms. The molecular formula is C29H40F2N3O8P. The van der Waals surface area contributed by atoms with Crippen LogP contribution in [0.15, 0.2) is 41.3 Å². The van der Waals surface area contributed by atoms with Gasteiger partial charge in [-0.3, -0.25) is 18.4 Å². The van der Waals surface area contributed by atoms with Gasteiger partial charge in [0.25, 0.3) is 0 Å². The molecule has 11 nitrogen and oxygen atoms in total. The first-order valence-corrected chi connectivity index (χ1v) is 16.3. The second-order valence-corrected chi connectivity index (χ2v) is 12.4. The average Bonchev–Trinajstić information content (AvgIpc) is 3.21. The quantitative estimate of drug-likeness (QED) is 0.128. The number of nitrogens with two attached hydrogens (primary N) is 1. The number of anilines is 1. The molecule has 0 radical (unpaired) electrons. The highest BCUT2D eigenvalue weighted by Crippen LogP contribution is 2.55. The van der Waals surface area contributed by atoms with Crippen LogP contribution in [0, 0.1) is 0 Å². The highest BCUT2D eigenvalue weighted by molar-refractivity contribution is 7.49. The normalized spacial score (nSPS) is 24.3. The number of phosphoric ester groups is 1. The van der Waals surface area contributed by atoms with Gasteiger partial charge in [0.15, 0.2) is 6.10 Å². The summed E-state index contributed by atoms with van der Waals surface area (Å²) in [6.07, 6.45) is 5.49. The maximum absolute atomic E-state index is 15.7. The fourth-order valence-corrected chi connectivity index (χ4v) is 6.27. The van der Waals surface area contributed by atoms with Crippen molar-refractivity contribution < 1.29 is 41.2 Å². The van der Waals surface area contributed by atoms with E-state index in [-0.39, 0.29) is 24.6 Å². The largest absolute Gasteiger partial charge is 0.530 e. The van der Waals surface area contributed by atoms with Crippen molar-refractivity contribution in [1.82, 2.24) is 9.55 Å². The van der Waals surface area contributed by atoms with Crippen LogP contribution in [-0.4, -0.2) is 40.3 Å². The Kier molecular flexibility index (Phi) is 11.7. The Labute approximate surface area is 249 Å². The van der Waals surface area contributed by atoms with Crippen molar-refractivity contribution in [1.29, 1.82) is 0 Å². The van der Waals surface area contributed by atoms with Gasteiger partial charge in [0.2, 0.25) is 6.23 Å². The molecular weight excluding hydrogens is 587 g/mol. The lowest BCUT2D eigenvalue weighted by Crippen LogP contribution is -2.44. The Morgan fingerprint density at radius 3 is 2.47 bits per heavy atom. The van der Waals surface area contributed by atoms with Crippen molar-refractivity contribution in [3.8, 4) is 5.75 Å². The SMILES string of the molecule is CCCCCCCCCCCCC(=O)O[C@@H]1[C@@H](COP2(=O)OCc3ccccc3O2)O[C@@H](n2ccc(N)nc2=O)C1(F)F. The number of nitrogens with zero attached hydrogens (tertiary/aromatic N) is 2. The lowest BCUT2D eigenvalue weighted by Gasteiger charge is -2.27. The van der Waals surface area contributed by atoms with Crippen LogP contribution < -0.4 is 15.9 Å². The molecule has 4 rings (SSSR count). The standard InChI is InChI=1S/C29H40F2N3O8P/c1-2-3-4-5-6-7-8-9-10-11-16-25(35)41-26-23(20-39-43(37)38-19-21-14-12-13-15-22(21)42-43)40-27(29(26,30)31)34-18-17-24(32)33-28(34)36/h12-15,17-18,23,26-27H,2-11,16,19-20H2,1H3,(H2,32,33,36)/t23-,26-,27-,43?/m1/s1. The van der Waals surface area contributed by atoms with Gasteiger partial charge in [0.1, 0.15) is 17.7 Å². The topological polar surface area (TPSA) is 141 Å². The number of hydrogen-bond acceptors (Lipinski definition) is 10. The number of fused-ring (bicyclic) bond motifs is 1. The molecule has 4 atom stereocenters. The third-order valence-corrected chi connectivity index (χ3v) is 8.74. The molecule has 1 fully saturated rings. The van der Waals surface area contributed by atoms with Crippen molar-refractivity contribution in [3.63, 3.8) is 0 Å². The number of hydrogen-bond donors (Lipinski definition) is 1.